The first-order valence-electron chi connectivity index (χ1n) is 4.25. The third-order valence-corrected chi connectivity index (χ3v) is 2.01. The third kappa shape index (κ3) is 2.12. The van der Waals surface area contributed by atoms with Gasteiger partial charge < -0.3 is 15.6 Å². The zero-order valence-corrected chi connectivity index (χ0v) is 8.00. The van der Waals surface area contributed by atoms with Crippen molar-refractivity contribution in [3.63, 3.8) is 0 Å². The molecule has 13 heavy (non-hydrogen) atoms. The molecule has 1 aromatic carbocycles. The Bertz CT molecular complexity index is 297. The van der Waals surface area contributed by atoms with Crippen LogP contribution in [0.25, 0.3) is 0 Å². The second-order valence-electron chi connectivity index (χ2n) is 2.99. The monoisotopic (exact) mass is 181 g/mol. The molecule has 72 valence electrons. The van der Waals surface area contributed by atoms with E-state index in [9.17, 15) is 5.11 Å². The highest BCUT2D eigenvalue weighted by atomic mass is 16.5. The van der Waals surface area contributed by atoms with E-state index in [4.69, 9.17) is 10.5 Å². The smallest absolute Gasteiger partial charge is 0.122 e. The molecule has 3 nitrogen and oxygen atoms in total. The van der Waals surface area contributed by atoms with E-state index in [2.05, 4.69) is 0 Å². The maximum atomic E-state index is 9.45. The summed E-state index contributed by atoms with van der Waals surface area (Å²) >= 11 is 0. The largest absolute Gasteiger partial charge is 0.508 e. The Labute approximate surface area is 78.1 Å². The number of phenolic OH excluding ortho intramolecular Hbond substituents is 1. The molecule has 0 heterocycles. The van der Waals surface area contributed by atoms with Crippen molar-refractivity contribution >= 4 is 0 Å². The minimum absolute atomic E-state index is 0.296. The summed E-state index contributed by atoms with van der Waals surface area (Å²) in [7, 11) is 1.62. The van der Waals surface area contributed by atoms with Crippen molar-refractivity contribution in [1.29, 1.82) is 0 Å². The molecule has 0 bridgehead atoms. The van der Waals surface area contributed by atoms with Crippen LogP contribution >= 0.6 is 0 Å². The van der Waals surface area contributed by atoms with Crippen LogP contribution in [0.5, 0.6) is 11.5 Å². The van der Waals surface area contributed by atoms with E-state index >= 15 is 0 Å². The first-order valence-corrected chi connectivity index (χ1v) is 4.25. The van der Waals surface area contributed by atoms with Crippen LogP contribution in [0.4, 0.5) is 0 Å². The van der Waals surface area contributed by atoms with Crippen LogP contribution in [0.3, 0.4) is 0 Å². The first kappa shape index (κ1) is 9.86. The summed E-state index contributed by atoms with van der Waals surface area (Å²) < 4.78 is 5.17. The molecule has 1 aromatic rings. The van der Waals surface area contributed by atoms with Gasteiger partial charge in [-0.3, -0.25) is 0 Å². The summed E-state index contributed by atoms with van der Waals surface area (Å²) in [5.74, 6) is 1.09. The van der Waals surface area contributed by atoms with Gasteiger partial charge in [-0.1, -0.05) is 0 Å². The van der Waals surface area contributed by atoms with Crippen LogP contribution in [-0.4, -0.2) is 18.8 Å². The number of ether oxygens (including phenoxy) is 1. The SMILES string of the molecule is COc1cc(C)c(O)cc1CCN. The number of benzene rings is 1. The van der Waals surface area contributed by atoms with Gasteiger partial charge in [0.2, 0.25) is 0 Å². The van der Waals surface area contributed by atoms with E-state index in [1.165, 1.54) is 0 Å². The van der Waals surface area contributed by atoms with Crippen molar-refractivity contribution < 1.29 is 9.84 Å². The number of aryl methyl sites for hydroxylation is 1. The van der Waals surface area contributed by atoms with Crippen molar-refractivity contribution in [3.05, 3.63) is 23.3 Å². The van der Waals surface area contributed by atoms with Crippen LogP contribution in [0.15, 0.2) is 12.1 Å². The second-order valence-corrected chi connectivity index (χ2v) is 2.99. The van der Waals surface area contributed by atoms with Gasteiger partial charge in [0.1, 0.15) is 11.5 Å². The van der Waals surface area contributed by atoms with E-state index in [-0.39, 0.29) is 0 Å². The molecular weight excluding hydrogens is 166 g/mol. The zero-order valence-electron chi connectivity index (χ0n) is 8.00. The summed E-state index contributed by atoms with van der Waals surface area (Å²) in [4.78, 5) is 0. The Morgan fingerprint density at radius 3 is 2.69 bits per heavy atom. The average molecular weight is 181 g/mol. The summed E-state index contributed by atoms with van der Waals surface area (Å²) in [5.41, 5.74) is 7.20. The molecule has 0 radical (unpaired) electrons. The van der Waals surface area contributed by atoms with Gasteiger partial charge in [-0.25, -0.2) is 0 Å². The third-order valence-electron chi connectivity index (χ3n) is 2.01. The quantitative estimate of drug-likeness (QED) is 0.737. The van der Waals surface area contributed by atoms with Gasteiger partial charge in [0, 0.05) is 0 Å². The molecule has 3 heteroatoms. The van der Waals surface area contributed by atoms with Gasteiger partial charge >= 0.3 is 0 Å². The van der Waals surface area contributed by atoms with Crippen molar-refractivity contribution in [2.45, 2.75) is 13.3 Å². The Kier molecular flexibility index (Phi) is 3.14. The Morgan fingerprint density at radius 1 is 1.46 bits per heavy atom. The summed E-state index contributed by atoms with van der Waals surface area (Å²) in [5, 5.41) is 9.45. The fourth-order valence-electron chi connectivity index (χ4n) is 1.25. The Balaban J connectivity index is 3.09. The highest BCUT2D eigenvalue weighted by Gasteiger charge is 2.05. The lowest BCUT2D eigenvalue weighted by Crippen LogP contribution is -2.04. The lowest BCUT2D eigenvalue weighted by Gasteiger charge is -2.09. The molecule has 1 rings (SSSR count). The minimum atomic E-state index is 0.296. The molecule has 0 aromatic heterocycles. The van der Waals surface area contributed by atoms with Crippen molar-refractivity contribution in [2.75, 3.05) is 13.7 Å². The molecule has 0 saturated carbocycles. The zero-order chi connectivity index (χ0) is 9.84. The minimum Gasteiger partial charge on any atom is -0.508 e. The van der Waals surface area contributed by atoms with Crippen LogP contribution < -0.4 is 10.5 Å². The highest BCUT2D eigenvalue weighted by Crippen LogP contribution is 2.27. The molecule has 0 aliphatic carbocycles. The van der Waals surface area contributed by atoms with Crippen molar-refractivity contribution in [3.8, 4) is 11.5 Å². The van der Waals surface area contributed by atoms with Gasteiger partial charge in [0.05, 0.1) is 7.11 Å². The van der Waals surface area contributed by atoms with Gasteiger partial charge in [-0.15, -0.1) is 0 Å². The van der Waals surface area contributed by atoms with Crippen LogP contribution in [0, 0.1) is 6.92 Å². The number of rotatable bonds is 3. The first-order chi connectivity index (χ1) is 6.19. The predicted octanol–water partition coefficient (Wildman–Crippen LogP) is 1.21. The lowest BCUT2D eigenvalue weighted by atomic mass is 10.1. The molecule has 0 saturated heterocycles. The fraction of sp³-hybridized carbons (Fsp3) is 0.400. The molecule has 0 unspecified atom stereocenters. The van der Waals surface area contributed by atoms with Crippen LogP contribution in [0.1, 0.15) is 11.1 Å². The summed E-state index contributed by atoms with van der Waals surface area (Å²) in [6, 6.07) is 3.53. The standard InChI is InChI=1S/C10H15NO2/c1-7-5-10(13-2)8(3-4-11)6-9(7)12/h5-6,12H,3-4,11H2,1-2H3. The molecule has 3 N–H and O–H groups in total. The average Bonchev–Trinajstić information content (AvgIpc) is 2.11. The molecule has 0 amide bonds. The predicted molar refractivity (Wildman–Crippen MR) is 52.2 cm³/mol. The van der Waals surface area contributed by atoms with E-state index in [0.717, 1.165) is 23.3 Å². The van der Waals surface area contributed by atoms with Gasteiger partial charge in [-0.05, 0) is 43.1 Å². The second kappa shape index (κ2) is 4.14. The normalized spacial score (nSPS) is 10.1. The molecule has 0 aliphatic heterocycles. The molecule has 0 spiro atoms. The number of hydrogen-bond donors (Lipinski definition) is 2. The summed E-state index contributed by atoms with van der Waals surface area (Å²) in [6.07, 6.45) is 0.719. The van der Waals surface area contributed by atoms with Gasteiger partial charge in [0.15, 0.2) is 0 Å². The van der Waals surface area contributed by atoms with E-state index < -0.39 is 0 Å². The van der Waals surface area contributed by atoms with Gasteiger partial charge in [-0.2, -0.15) is 0 Å². The van der Waals surface area contributed by atoms with E-state index in [1.54, 1.807) is 13.2 Å². The van der Waals surface area contributed by atoms with Crippen molar-refractivity contribution in [1.82, 2.24) is 0 Å². The van der Waals surface area contributed by atoms with Crippen LogP contribution in [-0.2, 0) is 6.42 Å². The number of hydrogen-bond acceptors (Lipinski definition) is 3. The number of methoxy groups -OCH3 is 1. The number of aromatic hydroxyl groups is 1. The van der Waals surface area contributed by atoms with Crippen LogP contribution in [0.2, 0.25) is 0 Å². The molecule has 0 aliphatic rings. The topological polar surface area (TPSA) is 55.5 Å². The maximum Gasteiger partial charge on any atom is 0.122 e. The number of phenols is 1. The highest BCUT2D eigenvalue weighted by molar-refractivity contribution is 5.45. The lowest BCUT2D eigenvalue weighted by molar-refractivity contribution is 0.406. The fourth-order valence-corrected chi connectivity index (χ4v) is 1.25. The number of nitrogens with two attached hydrogens (primary N) is 1. The maximum absolute atomic E-state index is 9.45. The van der Waals surface area contributed by atoms with Gasteiger partial charge in [0.25, 0.3) is 0 Å². The van der Waals surface area contributed by atoms with E-state index in [0.29, 0.717) is 12.3 Å². The van der Waals surface area contributed by atoms with E-state index in [1.807, 2.05) is 13.0 Å². The Morgan fingerprint density at radius 2 is 2.15 bits per heavy atom. The Hall–Kier alpha value is -1.22. The summed E-state index contributed by atoms with van der Waals surface area (Å²) in [6.45, 7) is 2.39. The molecular formula is C10H15NO2. The molecule has 0 atom stereocenters. The van der Waals surface area contributed by atoms with Crippen molar-refractivity contribution in [2.24, 2.45) is 5.73 Å². The molecule has 0 fully saturated rings.